The monoisotopic (exact) mass is 457 g/mol. The Morgan fingerprint density at radius 3 is 2.04 bits per heavy atom. The molecule has 0 bridgehead atoms. The first kappa shape index (κ1) is 22.4. The van der Waals surface area contributed by atoms with Crippen LogP contribution in [0.25, 0.3) is 0 Å². The highest BCUT2D eigenvalue weighted by atomic mass is 35.5. The van der Waals surface area contributed by atoms with Crippen LogP contribution in [0.1, 0.15) is 41.5 Å². The SMILES string of the molecule is CC(C)(C)N(NC(=O)c1ccc(Cl)cc1Cl)C(=S)NC(=O)c1ccc(Cl)cc1. The second-order valence-corrected chi connectivity index (χ2v) is 8.50. The van der Waals surface area contributed by atoms with Crippen LogP contribution in [0.5, 0.6) is 0 Å². The molecule has 2 aromatic carbocycles. The summed E-state index contributed by atoms with van der Waals surface area (Å²) in [6.07, 6.45) is 0. The molecule has 2 aromatic rings. The fourth-order valence-electron chi connectivity index (χ4n) is 2.18. The van der Waals surface area contributed by atoms with Gasteiger partial charge in [-0.05, 0) is 75.5 Å². The molecule has 0 radical (unpaired) electrons. The van der Waals surface area contributed by atoms with Crippen molar-refractivity contribution in [1.29, 1.82) is 0 Å². The molecule has 0 aliphatic rings. The highest BCUT2D eigenvalue weighted by molar-refractivity contribution is 7.80. The van der Waals surface area contributed by atoms with E-state index in [1.807, 2.05) is 20.8 Å². The quantitative estimate of drug-likeness (QED) is 0.485. The third kappa shape index (κ3) is 5.82. The molecule has 0 unspecified atom stereocenters. The average Bonchev–Trinajstić information content (AvgIpc) is 2.58. The number of nitrogens with zero attached hydrogens (tertiary/aromatic N) is 1. The van der Waals surface area contributed by atoms with Crippen LogP contribution in [0, 0.1) is 0 Å². The third-order valence-electron chi connectivity index (χ3n) is 3.59. The summed E-state index contributed by atoms with van der Waals surface area (Å²) in [5, 5.41) is 5.17. The Morgan fingerprint density at radius 1 is 0.929 bits per heavy atom. The van der Waals surface area contributed by atoms with Crippen LogP contribution in [0.15, 0.2) is 42.5 Å². The predicted molar refractivity (Wildman–Crippen MR) is 117 cm³/mol. The van der Waals surface area contributed by atoms with Crippen LogP contribution in [-0.2, 0) is 0 Å². The molecule has 2 rings (SSSR count). The molecule has 5 nitrogen and oxygen atoms in total. The second-order valence-electron chi connectivity index (χ2n) is 6.84. The van der Waals surface area contributed by atoms with Gasteiger partial charge in [-0.3, -0.25) is 25.3 Å². The Kier molecular flexibility index (Phi) is 7.28. The van der Waals surface area contributed by atoms with E-state index < -0.39 is 17.4 Å². The lowest BCUT2D eigenvalue weighted by Crippen LogP contribution is -2.59. The lowest BCUT2D eigenvalue weighted by molar-refractivity contribution is 0.0761. The Balaban J connectivity index is 2.18. The summed E-state index contributed by atoms with van der Waals surface area (Å²) in [5.74, 6) is -0.908. The summed E-state index contributed by atoms with van der Waals surface area (Å²) in [5.41, 5.74) is 2.67. The molecular weight excluding hydrogens is 441 g/mol. The number of hydrazine groups is 1. The molecule has 0 spiro atoms. The summed E-state index contributed by atoms with van der Waals surface area (Å²) in [4.78, 5) is 25.1. The zero-order valence-corrected chi connectivity index (χ0v) is 18.4. The first-order valence-corrected chi connectivity index (χ1v) is 9.70. The molecule has 0 atom stereocenters. The molecule has 28 heavy (non-hydrogen) atoms. The number of hydrogen-bond donors (Lipinski definition) is 2. The van der Waals surface area contributed by atoms with Gasteiger partial charge >= 0.3 is 0 Å². The molecule has 0 saturated heterocycles. The number of rotatable bonds is 2. The molecule has 9 heteroatoms. The topological polar surface area (TPSA) is 61.4 Å². The molecule has 0 saturated carbocycles. The van der Waals surface area contributed by atoms with E-state index in [2.05, 4.69) is 10.7 Å². The lowest BCUT2D eigenvalue weighted by atomic mass is 10.1. The van der Waals surface area contributed by atoms with E-state index in [0.29, 0.717) is 15.6 Å². The maximum absolute atomic E-state index is 12.7. The predicted octanol–water partition coefficient (Wildman–Crippen LogP) is 5.11. The minimum atomic E-state index is -0.626. The maximum atomic E-state index is 12.7. The van der Waals surface area contributed by atoms with Crippen molar-refractivity contribution >= 4 is 63.9 Å². The normalized spacial score (nSPS) is 10.9. The number of benzene rings is 2. The number of amides is 2. The summed E-state index contributed by atoms with van der Waals surface area (Å²) in [6.45, 7) is 5.49. The van der Waals surface area contributed by atoms with E-state index >= 15 is 0 Å². The van der Waals surface area contributed by atoms with E-state index in [-0.39, 0.29) is 15.7 Å². The van der Waals surface area contributed by atoms with Crippen molar-refractivity contribution < 1.29 is 9.59 Å². The van der Waals surface area contributed by atoms with Crippen molar-refractivity contribution in [3.63, 3.8) is 0 Å². The van der Waals surface area contributed by atoms with Crippen LogP contribution in [0.3, 0.4) is 0 Å². The molecule has 0 aromatic heterocycles. The van der Waals surface area contributed by atoms with Gasteiger partial charge in [0.25, 0.3) is 11.8 Å². The van der Waals surface area contributed by atoms with Gasteiger partial charge in [0.05, 0.1) is 16.1 Å². The van der Waals surface area contributed by atoms with Gasteiger partial charge in [0, 0.05) is 15.6 Å². The van der Waals surface area contributed by atoms with E-state index in [9.17, 15) is 9.59 Å². The Morgan fingerprint density at radius 2 is 1.50 bits per heavy atom. The maximum Gasteiger partial charge on any atom is 0.271 e. The van der Waals surface area contributed by atoms with Crippen molar-refractivity contribution in [2.75, 3.05) is 0 Å². The largest absolute Gasteiger partial charge is 0.297 e. The highest BCUT2D eigenvalue weighted by Crippen LogP contribution is 2.21. The summed E-state index contributed by atoms with van der Waals surface area (Å²) in [6, 6.07) is 10.9. The number of nitrogens with one attached hydrogen (secondary N) is 2. The van der Waals surface area contributed by atoms with Crippen molar-refractivity contribution in [3.8, 4) is 0 Å². The van der Waals surface area contributed by atoms with E-state index in [1.165, 1.54) is 17.1 Å². The van der Waals surface area contributed by atoms with Gasteiger partial charge in [-0.25, -0.2) is 0 Å². The molecule has 0 aliphatic carbocycles. The number of halogens is 3. The summed E-state index contributed by atoms with van der Waals surface area (Å²) < 4.78 is 0. The van der Waals surface area contributed by atoms with E-state index in [4.69, 9.17) is 47.0 Å². The number of carbonyl (C=O) groups is 2. The molecule has 2 amide bonds. The van der Waals surface area contributed by atoms with Crippen LogP contribution < -0.4 is 10.7 Å². The zero-order chi connectivity index (χ0) is 21.1. The minimum Gasteiger partial charge on any atom is -0.297 e. The Bertz CT molecular complexity index is 912. The molecule has 148 valence electrons. The smallest absolute Gasteiger partial charge is 0.271 e. The van der Waals surface area contributed by atoms with Crippen LogP contribution in [0.4, 0.5) is 0 Å². The highest BCUT2D eigenvalue weighted by Gasteiger charge is 2.28. The van der Waals surface area contributed by atoms with Crippen molar-refractivity contribution in [2.45, 2.75) is 26.3 Å². The molecule has 0 fully saturated rings. The van der Waals surface area contributed by atoms with Crippen LogP contribution in [-0.4, -0.2) is 27.5 Å². The summed E-state index contributed by atoms with van der Waals surface area (Å²) >= 11 is 23.2. The molecular formula is C19H18Cl3N3O2S. The summed E-state index contributed by atoms with van der Waals surface area (Å²) in [7, 11) is 0. The standard InChI is InChI=1S/C19H18Cl3N3O2S/c1-19(2,3)25(24-17(27)14-9-8-13(21)10-15(14)22)18(28)23-16(26)11-4-6-12(20)7-5-11/h4-10H,1-3H3,(H,24,27)(H,23,26,28). The fraction of sp³-hybridized carbons (Fsp3) is 0.211. The zero-order valence-electron chi connectivity index (χ0n) is 15.3. The number of thiocarbonyl (C=S) groups is 1. The van der Waals surface area contributed by atoms with Crippen molar-refractivity contribution in [2.24, 2.45) is 0 Å². The van der Waals surface area contributed by atoms with Gasteiger partial charge in [0.1, 0.15) is 0 Å². The fourth-order valence-corrected chi connectivity index (χ4v) is 3.22. The third-order valence-corrected chi connectivity index (χ3v) is 4.67. The van der Waals surface area contributed by atoms with Crippen molar-refractivity contribution in [3.05, 3.63) is 68.7 Å². The van der Waals surface area contributed by atoms with Gasteiger partial charge in [-0.15, -0.1) is 0 Å². The number of carbonyl (C=O) groups excluding carboxylic acids is 2. The second kappa shape index (κ2) is 9.09. The number of hydrogen-bond acceptors (Lipinski definition) is 3. The molecule has 0 heterocycles. The Hall–Kier alpha value is -1.86. The molecule has 2 N–H and O–H groups in total. The molecule has 0 aliphatic heterocycles. The first-order chi connectivity index (χ1) is 13.0. The Labute approximate surface area is 183 Å². The minimum absolute atomic E-state index is 0.0332. The van der Waals surface area contributed by atoms with Gasteiger partial charge in [0.15, 0.2) is 5.11 Å². The van der Waals surface area contributed by atoms with Crippen LogP contribution in [0.2, 0.25) is 15.1 Å². The first-order valence-electron chi connectivity index (χ1n) is 8.16. The van der Waals surface area contributed by atoms with Gasteiger partial charge in [0.2, 0.25) is 0 Å². The van der Waals surface area contributed by atoms with E-state index in [1.54, 1.807) is 30.3 Å². The van der Waals surface area contributed by atoms with Gasteiger partial charge in [-0.1, -0.05) is 34.8 Å². The van der Waals surface area contributed by atoms with Gasteiger partial charge in [-0.2, -0.15) is 0 Å². The lowest BCUT2D eigenvalue weighted by Gasteiger charge is -2.37. The van der Waals surface area contributed by atoms with Gasteiger partial charge < -0.3 is 0 Å². The average molecular weight is 459 g/mol. The van der Waals surface area contributed by atoms with Crippen LogP contribution >= 0.6 is 47.0 Å². The van der Waals surface area contributed by atoms with Crippen molar-refractivity contribution in [1.82, 2.24) is 15.8 Å². The van der Waals surface area contributed by atoms with E-state index in [0.717, 1.165) is 0 Å².